The number of alkyl halides is 1. The molecule has 0 amide bonds. The van der Waals surface area contributed by atoms with Gasteiger partial charge in [-0.3, -0.25) is 0 Å². The van der Waals surface area contributed by atoms with E-state index in [4.69, 9.17) is 0 Å². The quantitative estimate of drug-likeness (QED) is 0.620. The fourth-order valence-electron chi connectivity index (χ4n) is 1.40. The van der Waals surface area contributed by atoms with Gasteiger partial charge >= 0.3 is 0 Å². The Morgan fingerprint density at radius 1 is 1.46 bits per heavy atom. The van der Waals surface area contributed by atoms with Gasteiger partial charge in [-0.15, -0.1) is 0 Å². The lowest BCUT2D eigenvalue weighted by atomic mass is 9.93. The van der Waals surface area contributed by atoms with Crippen LogP contribution in [0.3, 0.4) is 0 Å². The number of allylic oxidation sites excluding steroid dienone is 4. The van der Waals surface area contributed by atoms with Crippen molar-refractivity contribution in [2.45, 2.75) is 32.9 Å². The van der Waals surface area contributed by atoms with Crippen molar-refractivity contribution in [1.82, 2.24) is 0 Å². The first kappa shape index (κ1) is 10.4. The molecular weight excluding hydrogens is 177 g/mol. The molecule has 0 N–H and O–H groups in total. The molecule has 13 heavy (non-hydrogen) atoms. The van der Waals surface area contributed by atoms with Gasteiger partial charge in [0.15, 0.2) is 0 Å². The molecule has 0 aromatic heterocycles. The normalized spacial score (nSPS) is 23.8. The summed E-state index contributed by atoms with van der Waals surface area (Å²) in [5.41, 5.74) is 0.108. The lowest BCUT2D eigenvalue weighted by Gasteiger charge is -2.18. The zero-order chi connectivity index (χ0) is 10.0. The van der Waals surface area contributed by atoms with Crippen LogP contribution in [0.4, 0.5) is 13.2 Å². The lowest BCUT2D eigenvalue weighted by molar-refractivity contribution is 0.325. The molecule has 1 aliphatic rings. The summed E-state index contributed by atoms with van der Waals surface area (Å²) >= 11 is 0. The SMILES string of the molecule is CC(C)CC1=C(F)C=C(F)CC1F. The van der Waals surface area contributed by atoms with E-state index in [2.05, 4.69) is 0 Å². The molecule has 0 saturated heterocycles. The van der Waals surface area contributed by atoms with Crippen molar-refractivity contribution >= 4 is 0 Å². The van der Waals surface area contributed by atoms with Crippen molar-refractivity contribution in [2.75, 3.05) is 0 Å². The summed E-state index contributed by atoms with van der Waals surface area (Å²) in [6.45, 7) is 3.75. The molecule has 0 nitrogen and oxygen atoms in total. The third kappa shape index (κ3) is 2.61. The Kier molecular flexibility index (Phi) is 3.17. The van der Waals surface area contributed by atoms with Crippen LogP contribution in [0.5, 0.6) is 0 Å². The van der Waals surface area contributed by atoms with Crippen LogP contribution in [-0.4, -0.2) is 6.17 Å². The molecular formula is C10H13F3. The molecule has 1 rings (SSSR count). The van der Waals surface area contributed by atoms with E-state index in [0.29, 0.717) is 6.42 Å². The Hall–Kier alpha value is -0.730. The van der Waals surface area contributed by atoms with E-state index in [-0.39, 0.29) is 17.9 Å². The number of hydrogen-bond acceptors (Lipinski definition) is 0. The first-order valence-corrected chi connectivity index (χ1v) is 4.39. The van der Waals surface area contributed by atoms with Gasteiger partial charge in [-0.05, 0) is 12.3 Å². The van der Waals surface area contributed by atoms with Gasteiger partial charge in [-0.2, -0.15) is 0 Å². The molecule has 3 heteroatoms. The van der Waals surface area contributed by atoms with Gasteiger partial charge in [0.2, 0.25) is 0 Å². The van der Waals surface area contributed by atoms with E-state index in [9.17, 15) is 13.2 Å². The Labute approximate surface area is 76.1 Å². The molecule has 1 atom stereocenters. The summed E-state index contributed by atoms with van der Waals surface area (Å²) < 4.78 is 38.7. The van der Waals surface area contributed by atoms with E-state index in [0.717, 1.165) is 6.08 Å². The lowest BCUT2D eigenvalue weighted by Crippen LogP contribution is -2.12. The highest BCUT2D eigenvalue weighted by molar-refractivity contribution is 5.30. The van der Waals surface area contributed by atoms with Gasteiger partial charge in [-0.25, -0.2) is 13.2 Å². The van der Waals surface area contributed by atoms with Crippen LogP contribution in [0.15, 0.2) is 23.3 Å². The maximum atomic E-state index is 13.1. The third-order valence-electron chi connectivity index (χ3n) is 1.97. The molecule has 0 spiro atoms. The fourth-order valence-corrected chi connectivity index (χ4v) is 1.40. The van der Waals surface area contributed by atoms with Gasteiger partial charge in [0.05, 0.1) is 0 Å². The van der Waals surface area contributed by atoms with Crippen LogP contribution in [0, 0.1) is 5.92 Å². The molecule has 0 heterocycles. The molecule has 0 bridgehead atoms. The van der Waals surface area contributed by atoms with E-state index in [1.807, 2.05) is 13.8 Å². The number of halogens is 3. The summed E-state index contributed by atoms with van der Waals surface area (Å²) in [6.07, 6.45) is -0.646. The second-order valence-corrected chi connectivity index (χ2v) is 3.73. The summed E-state index contributed by atoms with van der Waals surface area (Å²) in [6, 6.07) is 0. The average Bonchev–Trinajstić information content (AvgIpc) is 1.96. The summed E-state index contributed by atoms with van der Waals surface area (Å²) in [7, 11) is 0. The summed E-state index contributed by atoms with van der Waals surface area (Å²) in [4.78, 5) is 0. The molecule has 0 aromatic carbocycles. The largest absolute Gasteiger partial charge is 0.242 e. The van der Waals surface area contributed by atoms with Gasteiger partial charge in [0.1, 0.15) is 17.8 Å². The van der Waals surface area contributed by atoms with Crippen LogP contribution in [0.25, 0.3) is 0 Å². The predicted molar refractivity (Wildman–Crippen MR) is 46.3 cm³/mol. The fraction of sp³-hybridized carbons (Fsp3) is 0.600. The average molecular weight is 190 g/mol. The topological polar surface area (TPSA) is 0 Å². The Bertz CT molecular complexity index is 251. The van der Waals surface area contributed by atoms with Gasteiger partial charge in [-0.1, -0.05) is 13.8 Å². The molecule has 0 saturated carbocycles. The highest BCUT2D eigenvalue weighted by Crippen LogP contribution is 2.32. The van der Waals surface area contributed by atoms with Crippen molar-refractivity contribution in [3.8, 4) is 0 Å². The first-order chi connectivity index (χ1) is 6.00. The second-order valence-electron chi connectivity index (χ2n) is 3.73. The van der Waals surface area contributed by atoms with Gasteiger partial charge in [0, 0.05) is 18.1 Å². The smallest absolute Gasteiger partial charge is 0.131 e. The monoisotopic (exact) mass is 190 g/mol. The molecule has 1 aliphatic carbocycles. The summed E-state index contributed by atoms with van der Waals surface area (Å²) in [5, 5.41) is 0. The van der Waals surface area contributed by atoms with E-state index >= 15 is 0 Å². The molecule has 0 radical (unpaired) electrons. The Morgan fingerprint density at radius 3 is 2.54 bits per heavy atom. The molecule has 0 fully saturated rings. The van der Waals surface area contributed by atoms with E-state index < -0.39 is 17.8 Å². The predicted octanol–water partition coefficient (Wildman–Crippen LogP) is 3.85. The minimum absolute atomic E-state index is 0.108. The van der Waals surface area contributed by atoms with Crippen LogP contribution in [0.1, 0.15) is 26.7 Å². The summed E-state index contributed by atoms with van der Waals surface area (Å²) in [5.74, 6) is -1.25. The van der Waals surface area contributed by atoms with E-state index in [1.54, 1.807) is 0 Å². The Balaban J connectivity index is 2.84. The number of rotatable bonds is 2. The molecule has 1 unspecified atom stereocenters. The zero-order valence-corrected chi connectivity index (χ0v) is 7.78. The third-order valence-corrected chi connectivity index (χ3v) is 1.97. The van der Waals surface area contributed by atoms with Crippen LogP contribution < -0.4 is 0 Å². The van der Waals surface area contributed by atoms with Crippen LogP contribution in [-0.2, 0) is 0 Å². The Morgan fingerprint density at radius 2 is 2.08 bits per heavy atom. The van der Waals surface area contributed by atoms with Crippen molar-refractivity contribution in [3.05, 3.63) is 23.3 Å². The highest BCUT2D eigenvalue weighted by atomic mass is 19.2. The molecule has 0 aliphatic heterocycles. The van der Waals surface area contributed by atoms with Crippen molar-refractivity contribution in [2.24, 2.45) is 5.92 Å². The standard InChI is InChI=1S/C10H13F3/c1-6(2)3-8-9(12)4-7(11)5-10(8)13/h4,6,10H,3,5H2,1-2H3. The van der Waals surface area contributed by atoms with Gasteiger partial charge < -0.3 is 0 Å². The maximum absolute atomic E-state index is 13.1. The first-order valence-electron chi connectivity index (χ1n) is 4.39. The molecule has 0 aromatic rings. The van der Waals surface area contributed by atoms with Crippen molar-refractivity contribution < 1.29 is 13.2 Å². The zero-order valence-electron chi connectivity index (χ0n) is 7.78. The highest BCUT2D eigenvalue weighted by Gasteiger charge is 2.24. The minimum Gasteiger partial charge on any atom is -0.242 e. The van der Waals surface area contributed by atoms with Gasteiger partial charge in [0.25, 0.3) is 0 Å². The van der Waals surface area contributed by atoms with Crippen molar-refractivity contribution in [1.29, 1.82) is 0 Å². The molecule has 74 valence electrons. The van der Waals surface area contributed by atoms with Crippen molar-refractivity contribution in [3.63, 3.8) is 0 Å². The van der Waals surface area contributed by atoms with E-state index in [1.165, 1.54) is 0 Å². The minimum atomic E-state index is -1.48. The maximum Gasteiger partial charge on any atom is 0.131 e. The second kappa shape index (κ2) is 3.99. The van der Waals surface area contributed by atoms with Crippen LogP contribution >= 0.6 is 0 Å². The number of hydrogen-bond donors (Lipinski definition) is 0. The van der Waals surface area contributed by atoms with Crippen LogP contribution in [0.2, 0.25) is 0 Å².